The molecule has 3 heterocycles. The fourth-order valence-electron chi connectivity index (χ4n) is 4.34. The maximum Gasteiger partial charge on any atom is 0.261 e. The molecule has 4 aromatic rings. The number of nitrogens with one attached hydrogen (secondary N) is 1. The molecule has 1 aromatic carbocycles. The van der Waals surface area contributed by atoms with Crippen molar-refractivity contribution in [2.75, 3.05) is 0 Å². The molecule has 0 radical (unpaired) electrons. The van der Waals surface area contributed by atoms with Gasteiger partial charge in [0.05, 0.1) is 19.7 Å². The zero-order chi connectivity index (χ0) is 20.5. The van der Waals surface area contributed by atoms with Gasteiger partial charge in [0.1, 0.15) is 5.82 Å². The lowest BCUT2D eigenvalue weighted by Crippen LogP contribution is -2.38. The first kappa shape index (κ1) is 19.5. The summed E-state index contributed by atoms with van der Waals surface area (Å²) in [5.74, 6) is 0.961. The van der Waals surface area contributed by atoms with Gasteiger partial charge < -0.3 is 9.88 Å². The van der Waals surface area contributed by atoms with Gasteiger partial charge in [-0.05, 0) is 78.0 Å². The number of aromatic nitrogens is 3. The summed E-state index contributed by atoms with van der Waals surface area (Å²) in [6.45, 7) is 0. The summed E-state index contributed by atoms with van der Waals surface area (Å²) in [7, 11) is 0. The van der Waals surface area contributed by atoms with Gasteiger partial charge in [-0.25, -0.2) is 4.98 Å². The molecule has 0 unspecified atom stereocenters. The van der Waals surface area contributed by atoms with Crippen LogP contribution in [0.15, 0.2) is 64.7 Å². The van der Waals surface area contributed by atoms with Crippen molar-refractivity contribution in [2.45, 2.75) is 37.8 Å². The number of nitrogens with zero attached hydrogens (tertiary/aromatic N) is 3. The molecule has 1 aliphatic rings. The molecule has 5 rings (SSSR count). The summed E-state index contributed by atoms with van der Waals surface area (Å²) in [5.41, 5.74) is 3.14. The van der Waals surface area contributed by atoms with Crippen LogP contribution >= 0.6 is 27.3 Å². The lowest BCUT2D eigenvalue weighted by Gasteiger charge is -2.32. The maximum atomic E-state index is 12.7. The Bertz CT molecular complexity index is 1190. The van der Waals surface area contributed by atoms with Crippen LogP contribution in [0.4, 0.5) is 0 Å². The number of rotatable bonds is 4. The standard InChI is InChI=1S/C23H21BrN4OS/c24-21-11-10-20(30-21)23(29)26-16-6-3-7-17(13-16)28-19-9-2-1-8-18(19)27-22(28)15-5-4-12-25-14-15/h1-2,4-5,8-12,14,16-17H,3,6-7,13H2,(H,26,29)/t16-,17+/m1/s1. The average Bonchev–Trinajstić information content (AvgIpc) is 3.38. The van der Waals surface area contributed by atoms with Crippen LogP contribution in [0.1, 0.15) is 41.4 Å². The summed E-state index contributed by atoms with van der Waals surface area (Å²) >= 11 is 4.90. The van der Waals surface area contributed by atoms with Crippen molar-refractivity contribution in [3.8, 4) is 11.4 Å². The van der Waals surface area contributed by atoms with E-state index in [1.165, 1.54) is 11.3 Å². The second-order valence-electron chi connectivity index (χ2n) is 7.63. The Kier molecular flexibility index (Phi) is 5.39. The number of pyridine rings is 1. The highest BCUT2D eigenvalue weighted by atomic mass is 79.9. The maximum absolute atomic E-state index is 12.7. The summed E-state index contributed by atoms with van der Waals surface area (Å²) in [6.07, 6.45) is 7.70. The van der Waals surface area contributed by atoms with Gasteiger partial charge in [0, 0.05) is 30.0 Å². The Labute approximate surface area is 187 Å². The molecule has 0 saturated heterocycles. The summed E-state index contributed by atoms with van der Waals surface area (Å²) < 4.78 is 3.33. The zero-order valence-electron chi connectivity index (χ0n) is 16.3. The van der Waals surface area contributed by atoms with Gasteiger partial charge in [-0.1, -0.05) is 12.1 Å². The molecule has 30 heavy (non-hydrogen) atoms. The third-order valence-electron chi connectivity index (χ3n) is 5.66. The van der Waals surface area contributed by atoms with E-state index in [1.807, 2.05) is 30.5 Å². The summed E-state index contributed by atoms with van der Waals surface area (Å²) in [4.78, 5) is 22.6. The van der Waals surface area contributed by atoms with Gasteiger partial charge in [0.15, 0.2) is 0 Å². The van der Waals surface area contributed by atoms with Crippen LogP contribution in [0.25, 0.3) is 22.4 Å². The molecule has 1 amide bonds. The van der Waals surface area contributed by atoms with Gasteiger partial charge in [0.25, 0.3) is 5.91 Å². The molecule has 5 nitrogen and oxygen atoms in total. The number of carbonyl (C=O) groups excluding carboxylic acids is 1. The third kappa shape index (κ3) is 3.79. The molecule has 0 spiro atoms. The van der Waals surface area contributed by atoms with Gasteiger partial charge >= 0.3 is 0 Å². The minimum Gasteiger partial charge on any atom is -0.349 e. The SMILES string of the molecule is O=C(N[C@@H]1CCC[C@H](n2c(-c3cccnc3)nc3ccccc32)C1)c1ccc(Br)s1. The van der Waals surface area contributed by atoms with Crippen LogP contribution in [-0.2, 0) is 0 Å². The van der Waals surface area contributed by atoms with E-state index in [9.17, 15) is 4.79 Å². The van der Waals surface area contributed by atoms with E-state index in [4.69, 9.17) is 4.98 Å². The highest BCUT2D eigenvalue weighted by molar-refractivity contribution is 9.11. The molecule has 1 saturated carbocycles. The Morgan fingerprint density at radius 3 is 2.83 bits per heavy atom. The molecule has 3 aromatic heterocycles. The minimum atomic E-state index is 0.0133. The molecule has 1 fully saturated rings. The molecule has 0 aliphatic heterocycles. The van der Waals surface area contributed by atoms with Crippen molar-refractivity contribution >= 4 is 44.2 Å². The van der Waals surface area contributed by atoms with E-state index in [-0.39, 0.29) is 18.0 Å². The van der Waals surface area contributed by atoms with Crippen molar-refractivity contribution in [3.05, 3.63) is 69.6 Å². The first-order chi connectivity index (χ1) is 14.7. The lowest BCUT2D eigenvalue weighted by molar-refractivity contribution is 0.0925. The average molecular weight is 481 g/mol. The van der Waals surface area contributed by atoms with Crippen LogP contribution in [0.5, 0.6) is 0 Å². The number of fused-ring (bicyclic) bond motifs is 1. The Balaban J connectivity index is 1.45. The predicted octanol–water partition coefficient (Wildman–Crippen LogP) is 5.84. The fraction of sp³-hybridized carbons (Fsp3) is 0.261. The number of thiophene rings is 1. The van der Waals surface area contributed by atoms with Crippen molar-refractivity contribution < 1.29 is 4.79 Å². The van der Waals surface area contributed by atoms with Crippen molar-refractivity contribution in [3.63, 3.8) is 0 Å². The lowest BCUT2D eigenvalue weighted by atomic mass is 9.90. The topological polar surface area (TPSA) is 59.8 Å². The zero-order valence-corrected chi connectivity index (χ0v) is 18.7. The summed E-state index contributed by atoms with van der Waals surface area (Å²) in [5, 5.41) is 3.25. The number of benzene rings is 1. The van der Waals surface area contributed by atoms with Crippen LogP contribution in [0, 0.1) is 0 Å². The predicted molar refractivity (Wildman–Crippen MR) is 124 cm³/mol. The monoisotopic (exact) mass is 480 g/mol. The van der Waals surface area contributed by atoms with E-state index in [1.54, 1.807) is 6.20 Å². The molecular weight excluding hydrogens is 460 g/mol. The number of hydrogen-bond acceptors (Lipinski definition) is 4. The van der Waals surface area contributed by atoms with Gasteiger partial charge in [-0.2, -0.15) is 0 Å². The van der Waals surface area contributed by atoms with E-state index in [0.717, 1.165) is 56.8 Å². The molecule has 152 valence electrons. The highest BCUT2D eigenvalue weighted by Gasteiger charge is 2.28. The number of carbonyl (C=O) groups is 1. The minimum absolute atomic E-state index is 0.0133. The Hall–Kier alpha value is -2.51. The van der Waals surface area contributed by atoms with E-state index in [0.29, 0.717) is 0 Å². The Morgan fingerprint density at radius 2 is 2.03 bits per heavy atom. The largest absolute Gasteiger partial charge is 0.349 e. The number of hydrogen-bond donors (Lipinski definition) is 1. The van der Waals surface area contributed by atoms with Gasteiger partial charge in [-0.15, -0.1) is 11.3 Å². The summed E-state index contributed by atoms with van der Waals surface area (Å²) in [6, 6.07) is 16.5. The molecule has 1 aliphatic carbocycles. The molecular formula is C23H21BrN4OS. The van der Waals surface area contributed by atoms with Crippen LogP contribution in [0.2, 0.25) is 0 Å². The molecule has 2 atom stereocenters. The van der Waals surface area contributed by atoms with Crippen LogP contribution in [-0.4, -0.2) is 26.5 Å². The second kappa shape index (κ2) is 8.32. The van der Waals surface area contributed by atoms with E-state index < -0.39 is 0 Å². The smallest absolute Gasteiger partial charge is 0.261 e. The third-order valence-corrected chi connectivity index (χ3v) is 7.28. The van der Waals surface area contributed by atoms with E-state index >= 15 is 0 Å². The fourth-order valence-corrected chi connectivity index (χ4v) is 5.62. The van der Waals surface area contributed by atoms with E-state index in [2.05, 4.69) is 55.1 Å². The molecule has 7 heteroatoms. The highest BCUT2D eigenvalue weighted by Crippen LogP contribution is 2.36. The number of halogens is 1. The van der Waals surface area contributed by atoms with Crippen molar-refractivity contribution in [2.24, 2.45) is 0 Å². The number of amides is 1. The number of imidazole rings is 1. The quantitative estimate of drug-likeness (QED) is 0.399. The first-order valence-corrected chi connectivity index (χ1v) is 11.7. The molecule has 0 bridgehead atoms. The van der Waals surface area contributed by atoms with Gasteiger partial charge in [-0.3, -0.25) is 9.78 Å². The first-order valence-electron chi connectivity index (χ1n) is 10.1. The van der Waals surface area contributed by atoms with Crippen LogP contribution in [0.3, 0.4) is 0 Å². The van der Waals surface area contributed by atoms with Gasteiger partial charge in [0.2, 0.25) is 0 Å². The Morgan fingerprint density at radius 1 is 1.13 bits per heavy atom. The molecule has 1 N–H and O–H groups in total. The normalized spacial score (nSPS) is 19.1. The van der Waals surface area contributed by atoms with Crippen molar-refractivity contribution in [1.82, 2.24) is 19.9 Å². The van der Waals surface area contributed by atoms with Crippen LogP contribution < -0.4 is 5.32 Å². The number of para-hydroxylation sites is 2. The van der Waals surface area contributed by atoms with Crippen molar-refractivity contribution in [1.29, 1.82) is 0 Å². The second-order valence-corrected chi connectivity index (χ2v) is 10.1.